The largest absolute Gasteiger partial charge is 0.507 e. The summed E-state index contributed by atoms with van der Waals surface area (Å²) in [7, 11) is 0. The van der Waals surface area contributed by atoms with Crippen molar-refractivity contribution < 1.29 is 5.11 Å². The highest BCUT2D eigenvalue weighted by molar-refractivity contribution is 7.71. The smallest absolute Gasteiger partial charge is 0.200 e. The van der Waals surface area contributed by atoms with Crippen molar-refractivity contribution in [1.82, 2.24) is 14.8 Å². The van der Waals surface area contributed by atoms with Crippen LogP contribution in [-0.2, 0) is 0 Å². The lowest BCUT2D eigenvalue weighted by Gasteiger charge is -2.13. The number of benzene rings is 2. The van der Waals surface area contributed by atoms with Gasteiger partial charge in [-0.05, 0) is 49.3 Å². The quantitative estimate of drug-likeness (QED) is 0.705. The van der Waals surface area contributed by atoms with Gasteiger partial charge in [0.05, 0.1) is 11.3 Å². The van der Waals surface area contributed by atoms with Crippen LogP contribution in [0.4, 0.5) is 0 Å². The second kappa shape index (κ2) is 5.18. The third-order valence-corrected chi connectivity index (χ3v) is 3.75. The van der Waals surface area contributed by atoms with E-state index in [1.165, 1.54) is 0 Å². The average molecular weight is 297 g/mol. The Morgan fingerprint density at radius 1 is 1.05 bits per heavy atom. The van der Waals surface area contributed by atoms with Crippen LogP contribution in [0.25, 0.3) is 17.1 Å². The van der Waals surface area contributed by atoms with E-state index in [4.69, 9.17) is 12.2 Å². The number of aryl methyl sites for hydroxylation is 2. The molecule has 0 spiro atoms. The fraction of sp³-hybridized carbons (Fsp3) is 0.125. The van der Waals surface area contributed by atoms with E-state index in [2.05, 4.69) is 10.2 Å². The molecule has 0 unspecified atom stereocenters. The minimum atomic E-state index is 0.180. The van der Waals surface area contributed by atoms with Gasteiger partial charge in [-0.2, -0.15) is 5.10 Å². The summed E-state index contributed by atoms with van der Waals surface area (Å²) in [4.78, 5) is 0. The molecule has 106 valence electrons. The van der Waals surface area contributed by atoms with Crippen LogP contribution < -0.4 is 0 Å². The highest BCUT2D eigenvalue weighted by Crippen LogP contribution is 2.30. The Morgan fingerprint density at radius 2 is 1.71 bits per heavy atom. The second-order valence-electron chi connectivity index (χ2n) is 4.95. The zero-order valence-corrected chi connectivity index (χ0v) is 12.6. The van der Waals surface area contributed by atoms with Crippen LogP contribution in [0.3, 0.4) is 0 Å². The third-order valence-electron chi connectivity index (χ3n) is 3.48. The van der Waals surface area contributed by atoms with E-state index in [1.807, 2.05) is 48.7 Å². The number of aromatic amines is 1. The molecule has 5 heteroatoms. The molecule has 3 aromatic rings. The van der Waals surface area contributed by atoms with Crippen molar-refractivity contribution >= 4 is 12.2 Å². The monoisotopic (exact) mass is 297 g/mol. The van der Waals surface area contributed by atoms with Gasteiger partial charge in [-0.15, -0.1) is 0 Å². The summed E-state index contributed by atoms with van der Waals surface area (Å²) in [6.07, 6.45) is 0. The van der Waals surface area contributed by atoms with Gasteiger partial charge in [0.1, 0.15) is 5.75 Å². The average Bonchev–Trinajstić information content (AvgIpc) is 2.81. The zero-order valence-electron chi connectivity index (χ0n) is 11.8. The Labute approximate surface area is 127 Å². The first-order chi connectivity index (χ1) is 10.1. The molecule has 0 radical (unpaired) electrons. The van der Waals surface area contributed by atoms with Crippen LogP contribution in [0.1, 0.15) is 11.1 Å². The fourth-order valence-electron chi connectivity index (χ4n) is 2.51. The first kappa shape index (κ1) is 13.6. The third kappa shape index (κ3) is 2.25. The molecule has 2 aromatic carbocycles. The van der Waals surface area contributed by atoms with E-state index in [1.54, 1.807) is 12.1 Å². The molecule has 0 aliphatic carbocycles. The summed E-state index contributed by atoms with van der Waals surface area (Å²) >= 11 is 5.38. The van der Waals surface area contributed by atoms with Crippen LogP contribution in [0.2, 0.25) is 0 Å². The summed E-state index contributed by atoms with van der Waals surface area (Å²) in [5.41, 5.74) is 3.84. The number of hydrogen-bond acceptors (Lipinski definition) is 3. The maximum atomic E-state index is 10.1. The molecule has 1 heterocycles. The molecule has 0 aliphatic heterocycles. The summed E-state index contributed by atoms with van der Waals surface area (Å²) in [5.74, 6) is 0.787. The molecule has 4 nitrogen and oxygen atoms in total. The first-order valence-corrected chi connectivity index (χ1v) is 7.03. The van der Waals surface area contributed by atoms with Gasteiger partial charge in [0.2, 0.25) is 0 Å². The Balaban J connectivity index is 2.34. The number of aromatic nitrogens is 3. The maximum absolute atomic E-state index is 10.1. The van der Waals surface area contributed by atoms with E-state index in [0.717, 1.165) is 16.8 Å². The predicted octanol–water partition coefficient (Wildman–Crippen LogP) is 3.92. The summed E-state index contributed by atoms with van der Waals surface area (Å²) < 4.78 is 2.38. The molecule has 0 atom stereocenters. The van der Waals surface area contributed by atoms with Gasteiger partial charge in [0, 0.05) is 0 Å². The standard InChI is InChI=1S/C16H15N3OS/c1-10-6-5-7-11(2)14(10)19-15(17-18-16(19)21)12-8-3-4-9-13(12)20/h3-9,20H,1-2H3,(H,18,21). The van der Waals surface area contributed by atoms with Crippen molar-refractivity contribution in [1.29, 1.82) is 0 Å². The minimum absolute atomic E-state index is 0.180. The van der Waals surface area contributed by atoms with Gasteiger partial charge in [-0.25, -0.2) is 0 Å². The van der Waals surface area contributed by atoms with Crippen LogP contribution in [-0.4, -0.2) is 19.9 Å². The molecule has 0 amide bonds. The van der Waals surface area contributed by atoms with Gasteiger partial charge in [0.15, 0.2) is 10.6 Å². The van der Waals surface area contributed by atoms with Gasteiger partial charge in [-0.1, -0.05) is 30.3 Å². The van der Waals surface area contributed by atoms with E-state index in [0.29, 0.717) is 16.2 Å². The number of aromatic hydroxyl groups is 1. The van der Waals surface area contributed by atoms with Gasteiger partial charge in [-0.3, -0.25) is 9.67 Å². The molecule has 3 rings (SSSR count). The van der Waals surface area contributed by atoms with E-state index < -0.39 is 0 Å². The Morgan fingerprint density at radius 3 is 2.38 bits per heavy atom. The van der Waals surface area contributed by atoms with Crippen molar-refractivity contribution in [2.24, 2.45) is 0 Å². The van der Waals surface area contributed by atoms with Crippen molar-refractivity contribution in [3.63, 3.8) is 0 Å². The SMILES string of the molecule is Cc1cccc(C)c1-n1c(-c2ccccc2O)n[nH]c1=S. The molecule has 0 saturated carbocycles. The number of para-hydroxylation sites is 2. The Bertz CT molecular complexity index is 844. The lowest BCUT2D eigenvalue weighted by atomic mass is 10.1. The highest BCUT2D eigenvalue weighted by Gasteiger charge is 2.16. The van der Waals surface area contributed by atoms with Gasteiger partial charge >= 0.3 is 0 Å². The fourth-order valence-corrected chi connectivity index (χ4v) is 2.73. The topological polar surface area (TPSA) is 53.8 Å². The lowest BCUT2D eigenvalue weighted by molar-refractivity contribution is 0.476. The van der Waals surface area contributed by atoms with Crippen LogP contribution in [0.15, 0.2) is 42.5 Å². The Hall–Kier alpha value is -2.40. The summed E-state index contributed by atoms with van der Waals surface area (Å²) in [5, 5.41) is 17.2. The van der Waals surface area contributed by atoms with Crippen molar-refractivity contribution in [2.45, 2.75) is 13.8 Å². The zero-order chi connectivity index (χ0) is 15.0. The maximum Gasteiger partial charge on any atom is 0.200 e. The molecular formula is C16H15N3OS. The number of phenolic OH excluding ortho intramolecular Hbond substituents is 1. The number of hydrogen-bond donors (Lipinski definition) is 2. The normalized spacial score (nSPS) is 10.8. The van der Waals surface area contributed by atoms with E-state index >= 15 is 0 Å². The molecule has 0 aliphatic rings. The lowest BCUT2D eigenvalue weighted by Crippen LogP contribution is -2.02. The summed E-state index contributed by atoms with van der Waals surface area (Å²) in [6.45, 7) is 4.07. The number of nitrogens with one attached hydrogen (secondary N) is 1. The van der Waals surface area contributed by atoms with Crippen molar-refractivity contribution in [3.05, 3.63) is 58.4 Å². The highest BCUT2D eigenvalue weighted by atomic mass is 32.1. The van der Waals surface area contributed by atoms with Crippen LogP contribution >= 0.6 is 12.2 Å². The summed E-state index contributed by atoms with van der Waals surface area (Å²) in [6, 6.07) is 13.2. The molecule has 0 saturated heterocycles. The van der Waals surface area contributed by atoms with Crippen LogP contribution in [0.5, 0.6) is 5.75 Å². The number of nitrogens with zero attached hydrogens (tertiary/aromatic N) is 2. The second-order valence-corrected chi connectivity index (χ2v) is 5.33. The number of H-pyrrole nitrogens is 1. The number of phenols is 1. The molecule has 21 heavy (non-hydrogen) atoms. The molecule has 0 bridgehead atoms. The van der Waals surface area contributed by atoms with Gasteiger partial charge in [0.25, 0.3) is 0 Å². The van der Waals surface area contributed by atoms with Crippen molar-refractivity contribution in [2.75, 3.05) is 0 Å². The predicted molar refractivity (Wildman–Crippen MR) is 85.3 cm³/mol. The minimum Gasteiger partial charge on any atom is -0.507 e. The number of rotatable bonds is 2. The first-order valence-electron chi connectivity index (χ1n) is 6.62. The van der Waals surface area contributed by atoms with Crippen molar-refractivity contribution in [3.8, 4) is 22.8 Å². The molecule has 2 N–H and O–H groups in total. The molecule has 1 aromatic heterocycles. The molecular weight excluding hydrogens is 282 g/mol. The van der Waals surface area contributed by atoms with E-state index in [-0.39, 0.29) is 5.75 Å². The van der Waals surface area contributed by atoms with Gasteiger partial charge < -0.3 is 5.11 Å². The molecule has 0 fully saturated rings. The Kier molecular flexibility index (Phi) is 3.35. The van der Waals surface area contributed by atoms with Crippen LogP contribution in [0, 0.1) is 18.6 Å². The van der Waals surface area contributed by atoms with E-state index in [9.17, 15) is 5.11 Å².